The van der Waals surface area contributed by atoms with Crippen molar-refractivity contribution in [3.63, 3.8) is 0 Å². The average molecular weight is 464 g/mol. The molecule has 1 atom stereocenters. The average Bonchev–Trinajstić information content (AvgIpc) is 3.29. The Morgan fingerprint density at radius 2 is 1.91 bits per heavy atom. The lowest BCUT2D eigenvalue weighted by Gasteiger charge is -2.21. The summed E-state index contributed by atoms with van der Waals surface area (Å²) in [5.74, 6) is 1.02. The highest BCUT2D eigenvalue weighted by molar-refractivity contribution is 7.14. The second kappa shape index (κ2) is 9.46. The van der Waals surface area contributed by atoms with Crippen LogP contribution in [0.2, 0.25) is 0 Å². The summed E-state index contributed by atoms with van der Waals surface area (Å²) in [6.07, 6.45) is 0.429. The van der Waals surface area contributed by atoms with Gasteiger partial charge >= 0.3 is 0 Å². The molecule has 0 aliphatic carbocycles. The first-order valence-corrected chi connectivity index (χ1v) is 11.4. The van der Waals surface area contributed by atoms with E-state index < -0.39 is 6.04 Å². The lowest BCUT2D eigenvalue weighted by molar-refractivity contribution is -0.119. The second-order valence-electron chi connectivity index (χ2n) is 7.57. The Morgan fingerprint density at radius 3 is 2.58 bits per heavy atom. The van der Waals surface area contributed by atoms with Gasteiger partial charge < -0.3 is 14.8 Å². The van der Waals surface area contributed by atoms with Crippen LogP contribution in [0.5, 0.6) is 11.5 Å². The maximum atomic E-state index is 13.3. The Kier molecular flexibility index (Phi) is 6.46. The van der Waals surface area contributed by atoms with Crippen LogP contribution in [0.4, 0.5) is 5.13 Å². The molecule has 7 nitrogen and oxygen atoms in total. The molecular weight excluding hydrogens is 438 g/mol. The van der Waals surface area contributed by atoms with E-state index in [1.54, 1.807) is 26.4 Å². The zero-order valence-electron chi connectivity index (χ0n) is 18.9. The third-order valence-corrected chi connectivity index (χ3v) is 6.34. The molecule has 170 valence electrons. The molecule has 0 aliphatic heterocycles. The molecule has 2 aromatic heterocycles. The van der Waals surface area contributed by atoms with Gasteiger partial charge in [-0.05, 0) is 49.2 Å². The van der Waals surface area contributed by atoms with Crippen LogP contribution in [-0.2, 0) is 4.79 Å². The molecule has 1 N–H and O–H groups in total. The number of thiazole rings is 1. The number of hydrogen-bond donors (Lipinski definition) is 1. The molecule has 0 radical (unpaired) electrons. The number of hydrogen-bond acceptors (Lipinski definition) is 6. The number of nitrogens with one attached hydrogen (secondary N) is 1. The zero-order valence-corrected chi connectivity index (χ0v) is 19.7. The summed E-state index contributed by atoms with van der Waals surface area (Å²) in [7, 11) is 3.18. The van der Waals surface area contributed by atoms with E-state index in [0.717, 1.165) is 28.0 Å². The predicted molar refractivity (Wildman–Crippen MR) is 132 cm³/mol. The molecule has 1 unspecified atom stereocenters. The number of anilines is 1. The van der Waals surface area contributed by atoms with Crippen LogP contribution < -0.4 is 20.3 Å². The molecule has 2 aromatic carbocycles. The summed E-state index contributed by atoms with van der Waals surface area (Å²) < 4.78 is 12.2. The molecule has 0 fully saturated rings. The standard InChI is InChI=1S/C25H25N3O4S/c1-5-20(28-22(29)13-15(2)18-7-6-8-21(32-4)23(18)28)24(30)27-25-26-19(14-33-25)16-9-11-17(31-3)12-10-16/h6-14,20H,5H2,1-4H3,(H,26,27,30). The van der Waals surface area contributed by atoms with E-state index in [1.807, 2.05) is 55.6 Å². The number of carbonyl (C=O) groups is 1. The van der Waals surface area contributed by atoms with Gasteiger partial charge in [0, 0.05) is 22.4 Å². The predicted octanol–water partition coefficient (Wildman–Crippen LogP) is 5.04. The van der Waals surface area contributed by atoms with Crippen LogP contribution in [0.1, 0.15) is 24.9 Å². The van der Waals surface area contributed by atoms with Crippen LogP contribution in [0.15, 0.2) is 58.7 Å². The van der Waals surface area contributed by atoms with Crippen molar-refractivity contribution in [1.82, 2.24) is 9.55 Å². The Morgan fingerprint density at radius 1 is 1.15 bits per heavy atom. The van der Waals surface area contributed by atoms with Gasteiger partial charge in [-0.3, -0.25) is 14.2 Å². The minimum atomic E-state index is -0.717. The van der Waals surface area contributed by atoms with Crippen molar-refractivity contribution in [3.8, 4) is 22.8 Å². The fourth-order valence-corrected chi connectivity index (χ4v) is 4.63. The van der Waals surface area contributed by atoms with E-state index in [4.69, 9.17) is 9.47 Å². The number of ether oxygens (including phenoxy) is 2. The summed E-state index contributed by atoms with van der Waals surface area (Å²) in [6, 6.07) is 14.0. The second-order valence-corrected chi connectivity index (χ2v) is 8.43. The van der Waals surface area contributed by atoms with Gasteiger partial charge in [0.2, 0.25) is 5.91 Å². The van der Waals surface area contributed by atoms with E-state index in [2.05, 4.69) is 10.3 Å². The van der Waals surface area contributed by atoms with Gasteiger partial charge in [0.15, 0.2) is 5.13 Å². The SMILES string of the molecule is CCC(C(=O)Nc1nc(-c2ccc(OC)cc2)cs1)n1c(=O)cc(C)c2cccc(OC)c21. The number of fused-ring (bicyclic) bond motifs is 1. The summed E-state index contributed by atoms with van der Waals surface area (Å²) in [6.45, 7) is 3.76. The Balaban J connectivity index is 1.67. The zero-order chi connectivity index (χ0) is 23.5. The Labute approximate surface area is 195 Å². The number of aryl methyl sites for hydroxylation is 1. The first kappa shape index (κ1) is 22.5. The van der Waals surface area contributed by atoms with Crippen LogP contribution in [0, 0.1) is 6.92 Å². The number of para-hydroxylation sites is 1. The summed E-state index contributed by atoms with van der Waals surface area (Å²) in [5, 5.41) is 6.12. The van der Waals surface area contributed by atoms with Crippen molar-refractivity contribution >= 4 is 33.3 Å². The topological polar surface area (TPSA) is 82.5 Å². The van der Waals surface area contributed by atoms with Gasteiger partial charge in [-0.2, -0.15) is 0 Å². The minimum Gasteiger partial charge on any atom is -0.497 e. The van der Waals surface area contributed by atoms with Crippen LogP contribution in [0.3, 0.4) is 0 Å². The highest BCUT2D eigenvalue weighted by atomic mass is 32.1. The van der Waals surface area contributed by atoms with E-state index in [-0.39, 0.29) is 11.5 Å². The van der Waals surface area contributed by atoms with Crippen molar-refractivity contribution in [1.29, 1.82) is 0 Å². The number of nitrogens with zero attached hydrogens (tertiary/aromatic N) is 2. The lowest BCUT2D eigenvalue weighted by Crippen LogP contribution is -2.33. The quantitative estimate of drug-likeness (QED) is 0.415. The maximum absolute atomic E-state index is 13.3. The van der Waals surface area contributed by atoms with Crippen molar-refractivity contribution in [2.75, 3.05) is 19.5 Å². The minimum absolute atomic E-state index is 0.246. The molecule has 0 aliphatic rings. The Hall–Kier alpha value is -3.65. The molecule has 8 heteroatoms. The van der Waals surface area contributed by atoms with Gasteiger partial charge in [-0.1, -0.05) is 19.1 Å². The van der Waals surface area contributed by atoms with Crippen molar-refractivity contribution in [3.05, 3.63) is 69.8 Å². The lowest BCUT2D eigenvalue weighted by atomic mass is 10.1. The summed E-state index contributed by atoms with van der Waals surface area (Å²) in [4.78, 5) is 30.9. The highest BCUT2D eigenvalue weighted by Gasteiger charge is 2.24. The van der Waals surface area contributed by atoms with Crippen LogP contribution in [-0.4, -0.2) is 29.7 Å². The van der Waals surface area contributed by atoms with E-state index in [9.17, 15) is 9.59 Å². The van der Waals surface area contributed by atoms with Crippen molar-refractivity contribution in [2.24, 2.45) is 0 Å². The van der Waals surface area contributed by atoms with Gasteiger partial charge in [0.05, 0.1) is 25.4 Å². The molecule has 4 rings (SSSR count). The van der Waals surface area contributed by atoms with Gasteiger partial charge in [-0.25, -0.2) is 4.98 Å². The molecule has 0 spiro atoms. The third kappa shape index (κ3) is 4.34. The summed E-state index contributed by atoms with van der Waals surface area (Å²) in [5.41, 5.74) is 2.88. The molecule has 4 aromatic rings. The van der Waals surface area contributed by atoms with Crippen LogP contribution >= 0.6 is 11.3 Å². The van der Waals surface area contributed by atoms with Crippen molar-refractivity contribution < 1.29 is 14.3 Å². The van der Waals surface area contributed by atoms with Gasteiger partial charge in [0.1, 0.15) is 17.5 Å². The number of amides is 1. The normalized spacial score (nSPS) is 11.9. The number of aromatic nitrogens is 2. The molecule has 2 heterocycles. The number of benzene rings is 2. The third-order valence-electron chi connectivity index (χ3n) is 5.58. The molecular formula is C25H25N3O4S. The van der Waals surface area contributed by atoms with Crippen LogP contribution in [0.25, 0.3) is 22.2 Å². The van der Waals surface area contributed by atoms with Gasteiger partial charge in [0.25, 0.3) is 5.56 Å². The molecule has 1 amide bonds. The van der Waals surface area contributed by atoms with E-state index >= 15 is 0 Å². The number of carbonyl (C=O) groups excluding carboxylic acids is 1. The fourth-order valence-electron chi connectivity index (χ4n) is 3.91. The fraction of sp³-hybridized carbons (Fsp3) is 0.240. The first-order chi connectivity index (χ1) is 16.0. The van der Waals surface area contributed by atoms with E-state index in [1.165, 1.54) is 15.9 Å². The smallest absolute Gasteiger partial charge is 0.252 e. The monoisotopic (exact) mass is 463 g/mol. The molecule has 0 saturated carbocycles. The molecule has 0 saturated heterocycles. The number of rotatable bonds is 7. The number of methoxy groups -OCH3 is 2. The summed E-state index contributed by atoms with van der Waals surface area (Å²) >= 11 is 1.34. The van der Waals surface area contributed by atoms with Gasteiger partial charge in [-0.15, -0.1) is 11.3 Å². The van der Waals surface area contributed by atoms with E-state index in [0.29, 0.717) is 22.8 Å². The first-order valence-electron chi connectivity index (χ1n) is 10.6. The van der Waals surface area contributed by atoms with Crippen molar-refractivity contribution in [2.45, 2.75) is 26.3 Å². The number of pyridine rings is 1. The Bertz CT molecular complexity index is 1360. The molecule has 0 bridgehead atoms. The largest absolute Gasteiger partial charge is 0.497 e. The molecule has 33 heavy (non-hydrogen) atoms. The maximum Gasteiger partial charge on any atom is 0.252 e. The highest BCUT2D eigenvalue weighted by Crippen LogP contribution is 2.31.